The quantitative estimate of drug-likeness (QED) is 0.810. The summed E-state index contributed by atoms with van der Waals surface area (Å²) in [6.45, 7) is 7.69. The number of likely N-dealkylation sites (N-methyl/N-ethyl adjacent to an activating group) is 1. The Morgan fingerprint density at radius 3 is 2.38 bits per heavy atom. The van der Waals surface area contributed by atoms with E-state index < -0.39 is 0 Å². The third kappa shape index (κ3) is 3.44. The van der Waals surface area contributed by atoms with Gasteiger partial charge in [0.15, 0.2) is 5.82 Å². The first-order valence-electron chi connectivity index (χ1n) is 8.57. The predicted octanol–water partition coefficient (Wildman–Crippen LogP) is 0.829. The Balaban J connectivity index is 1.62. The molecule has 138 valence electrons. The molecule has 3 rings (SSSR count). The van der Waals surface area contributed by atoms with Crippen molar-refractivity contribution in [1.82, 2.24) is 24.9 Å². The number of aromatic nitrogens is 4. The van der Waals surface area contributed by atoms with Gasteiger partial charge in [0.1, 0.15) is 5.69 Å². The molecule has 8 nitrogen and oxygen atoms in total. The van der Waals surface area contributed by atoms with Crippen LogP contribution in [0.1, 0.15) is 37.0 Å². The molecule has 1 aliphatic heterocycles. The van der Waals surface area contributed by atoms with Crippen LogP contribution in [0.15, 0.2) is 29.1 Å². The zero-order valence-electron chi connectivity index (χ0n) is 15.8. The number of aryl methyl sites for hydroxylation is 1. The van der Waals surface area contributed by atoms with Crippen molar-refractivity contribution in [3.05, 3.63) is 46.0 Å². The van der Waals surface area contributed by atoms with Crippen LogP contribution < -0.4 is 10.5 Å². The van der Waals surface area contributed by atoms with Gasteiger partial charge >= 0.3 is 0 Å². The van der Waals surface area contributed by atoms with Gasteiger partial charge in [-0.1, -0.05) is 20.8 Å². The zero-order valence-corrected chi connectivity index (χ0v) is 15.8. The van der Waals surface area contributed by atoms with Crippen molar-refractivity contribution >= 4 is 11.7 Å². The molecule has 26 heavy (non-hydrogen) atoms. The number of anilines is 1. The lowest BCUT2D eigenvalue weighted by atomic mass is 9.92. The van der Waals surface area contributed by atoms with Crippen LogP contribution in [-0.4, -0.2) is 57.0 Å². The molecule has 0 radical (unpaired) electrons. The first kappa shape index (κ1) is 18.0. The van der Waals surface area contributed by atoms with E-state index in [2.05, 4.69) is 41.0 Å². The van der Waals surface area contributed by atoms with Crippen molar-refractivity contribution < 1.29 is 4.79 Å². The molecule has 0 aromatic carbocycles. The molecule has 2 aromatic heterocycles. The van der Waals surface area contributed by atoms with Crippen LogP contribution in [0.2, 0.25) is 0 Å². The molecule has 0 atom stereocenters. The normalized spacial score (nSPS) is 14.9. The predicted molar refractivity (Wildman–Crippen MR) is 98.3 cm³/mol. The molecule has 2 aromatic rings. The lowest BCUT2D eigenvalue weighted by Crippen LogP contribution is -2.60. The van der Waals surface area contributed by atoms with Crippen molar-refractivity contribution in [2.75, 3.05) is 25.0 Å². The van der Waals surface area contributed by atoms with Gasteiger partial charge in [-0.2, -0.15) is 10.2 Å². The molecule has 1 fully saturated rings. The highest BCUT2D eigenvalue weighted by atomic mass is 16.2. The minimum Gasteiger partial charge on any atom is -0.351 e. The molecule has 3 heterocycles. The van der Waals surface area contributed by atoms with Gasteiger partial charge < -0.3 is 9.80 Å². The molecule has 0 aliphatic carbocycles. The number of amides is 1. The van der Waals surface area contributed by atoms with Crippen LogP contribution in [0, 0.1) is 0 Å². The Morgan fingerprint density at radius 1 is 1.15 bits per heavy atom. The maximum absolute atomic E-state index is 12.5. The minimum atomic E-state index is -0.240. The van der Waals surface area contributed by atoms with Crippen LogP contribution in [0.25, 0.3) is 0 Å². The van der Waals surface area contributed by atoms with Gasteiger partial charge in [0.05, 0.1) is 11.7 Å². The Hall–Kier alpha value is -2.77. The van der Waals surface area contributed by atoms with Gasteiger partial charge in [-0.25, -0.2) is 4.68 Å². The molecule has 8 heteroatoms. The van der Waals surface area contributed by atoms with E-state index in [1.54, 1.807) is 11.9 Å². The number of carbonyl (C=O) groups excluding carboxylic acids is 1. The second kappa shape index (κ2) is 6.51. The fourth-order valence-corrected chi connectivity index (χ4v) is 2.74. The molecular weight excluding hydrogens is 332 g/mol. The summed E-state index contributed by atoms with van der Waals surface area (Å²) < 4.78 is 1.17. The molecular formula is C18H24N6O2. The van der Waals surface area contributed by atoms with E-state index in [-0.39, 0.29) is 28.6 Å². The number of nitrogens with zero attached hydrogens (tertiary/aromatic N) is 6. The maximum Gasteiger partial charge on any atom is 0.274 e. The second-order valence-electron chi connectivity index (χ2n) is 7.68. The molecule has 0 spiro atoms. The monoisotopic (exact) mass is 356 g/mol. The molecule has 1 amide bonds. The Kier molecular flexibility index (Phi) is 4.52. The average molecular weight is 356 g/mol. The minimum absolute atomic E-state index is 0.0293. The van der Waals surface area contributed by atoms with Gasteiger partial charge in [0, 0.05) is 38.7 Å². The molecule has 0 unspecified atom stereocenters. The molecule has 0 bridgehead atoms. The fraction of sp³-hybridized carbons (Fsp3) is 0.500. The summed E-state index contributed by atoms with van der Waals surface area (Å²) in [5, 5.41) is 12.6. The van der Waals surface area contributed by atoms with Gasteiger partial charge in [-0.3, -0.25) is 9.59 Å². The number of hydrogen-bond acceptors (Lipinski definition) is 6. The van der Waals surface area contributed by atoms with Crippen molar-refractivity contribution in [3.63, 3.8) is 0 Å². The van der Waals surface area contributed by atoms with Crippen LogP contribution in [0.4, 0.5) is 5.82 Å². The Labute approximate surface area is 152 Å². The largest absolute Gasteiger partial charge is 0.351 e. The summed E-state index contributed by atoms with van der Waals surface area (Å²) in [4.78, 5) is 27.7. The van der Waals surface area contributed by atoms with E-state index in [0.29, 0.717) is 13.1 Å². The van der Waals surface area contributed by atoms with Crippen molar-refractivity contribution in [3.8, 4) is 0 Å². The standard InChI is InChI=1S/C18H24N6O2/c1-18(2,3)14-7-8-15(20-19-14)24-10-12(11-24)22(4)17(26)13-6-9-16(25)23(5)21-13/h6-9,12H,10-11H2,1-5H3. The van der Waals surface area contributed by atoms with E-state index >= 15 is 0 Å². The van der Waals surface area contributed by atoms with Crippen molar-refractivity contribution in [2.45, 2.75) is 32.2 Å². The van der Waals surface area contributed by atoms with Gasteiger partial charge in [0.2, 0.25) is 0 Å². The van der Waals surface area contributed by atoms with Crippen molar-refractivity contribution in [2.24, 2.45) is 7.05 Å². The van der Waals surface area contributed by atoms with Crippen molar-refractivity contribution in [1.29, 1.82) is 0 Å². The summed E-state index contributed by atoms with van der Waals surface area (Å²) in [5.41, 5.74) is 0.948. The molecule has 0 saturated carbocycles. The maximum atomic E-state index is 12.5. The fourth-order valence-electron chi connectivity index (χ4n) is 2.74. The lowest BCUT2D eigenvalue weighted by Gasteiger charge is -2.44. The summed E-state index contributed by atoms with van der Waals surface area (Å²) in [6, 6.07) is 6.87. The topological polar surface area (TPSA) is 84.2 Å². The number of hydrogen-bond donors (Lipinski definition) is 0. The highest BCUT2D eigenvalue weighted by Gasteiger charge is 2.34. The average Bonchev–Trinajstić information content (AvgIpc) is 2.55. The van der Waals surface area contributed by atoms with Gasteiger partial charge in [0.25, 0.3) is 11.5 Å². The molecule has 1 saturated heterocycles. The highest BCUT2D eigenvalue weighted by molar-refractivity contribution is 5.92. The third-order valence-electron chi connectivity index (χ3n) is 4.65. The van der Waals surface area contributed by atoms with Crippen LogP contribution in [0.5, 0.6) is 0 Å². The summed E-state index contributed by atoms with van der Waals surface area (Å²) in [5.74, 6) is 0.620. The van der Waals surface area contributed by atoms with E-state index in [9.17, 15) is 9.59 Å². The van der Waals surface area contributed by atoms with Crippen LogP contribution in [0.3, 0.4) is 0 Å². The smallest absolute Gasteiger partial charge is 0.274 e. The summed E-state index contributed by atoms with van der Waals surface area (Å²) in [7, 11) is 3.29. The van der Waals surface area contributed by atoms with Crippen LogP contribution in [-0.2, 0) is 12.5 Å². The molecule has 0 N–H and O–H groups in total. The Bertz CT molecular complexity index is 862. The van der Waals surface area contributed by atoms with Crippen LogP contribution >= 0.6 is 0 Å². The van der Waals surface area contributed by atoms with Gasteiger partial charge in [-0.05, 0) is 18.2 Å². The van der Waals surface area contributed by atoms with E-state index in [1.807, 2.05) is 12.1 Å². The second-order valence-corrected chi connectivity index (χ2v) is 7.68. The lowest BCUT2D eigenvalue weighted by molar-refractivity contribution is 0.0696. The number of carbonyl (C=O) groups is 1. The summed E-state index contributed by atoms with van der Waals surface area (Å²) >= 11 is 0. The SMILES string of the molecule is CN(C(=O)c1ccc(=O)n(C)n1)C1CN(c2ccc(C(C)(C)C)nn2)C1. The first-order chi connectivity index (χ1) is 12.2. The zero-order chi connectivity index (χ0) is 19.1. The number of rotatable bonds is 3. The van der Waals surface area contributed by atoms with E-state index in [0.717, 1.165) is 11.5 Å². The summed E-state index contributed by atoms with van der Waals surface area (Å²) in [6.07, 6.45) is 0. The Morgan fingerprint density at radius 2 is 1.85 bits per heavy atom. The van der Waals surface area contributed by atoms with E-state index in [4.69, 9.17) is 0 Å². The first-order valence-corrected chi connectivity index (χ1v) is 8.57. The van der Waals surface area contributed by atoms with E-state index in [1.165, 1.54) is 23.9 Å². The molecule has 1 aliphatic rings. The van der Waals surface area contributed by atoms with Gasteiger partial charge in [-0.15, -0.1) is 5.10 Å². The highest BCUT2D eigenvalue weighted by Crippen LogP contribution is 2.24. The third-order valence-corrected chi connectivity index (χ3v) is 4.65.